The van der Waals surface area contributed by atoms with Crippen LogP contribution < -0.4 is 10.0 Å². The topological polar surface area (TPSA) is 108 Å². The van der Waals surface area contributed by atoms with E-state index < -0.39 is 40.7 Å². The summed E-state index contributed by atoms with van der Waals surface area (Å²) in [5, 5.41) is 12.5. The molecule has 0 radical (unpaired) electrons. The van der Waals surface area contributed by atoms with Crippen molar-refractivity contribution in [1.29, 1.82) is 0 Å². The third kappa shape index (κ3) is 7.08. The predicted octanol–water partition coefficient (Wildman–Crippen LogP) is 0.781. The number of ether oxygens (including phenoxy) is 1. The lowest BCUT2D eigenvalue weighted by atomic mass is 10.1. The van der Waals surface area contributed by atoms with Crippen LogP contribution in [0, 0.1) is 5.82 Å². The number of rotatable bonds is 9. The highest BCUT2D eigenvalue weighted by Crippen LogP contribution is 2.18. The van der Waals surface area contributed by atoms with Gasteiger partial charge in [-0.1, -0.05) is 18.6 Å². The minimum Gasteiger partial charge on any atom is -0.394 e. The monoisotopic (exact) mass is 455 g/mol. The highest BCUT2D eigenvalue weighted by atomic mass is 32.2. The van der Waals surface area contributed by atoms with Crippen LogP contribution in [-0.4, -0.2) is 75.4 Å². The number of hydrogen-bond acceptors (Lipinski definition) is 6. The fraction of sp³-hybridized carbons (Fsp3) is 0.571. The van der Waals surface area contributed by atoms with Crippen LogP contribution in [0.5, 0.6) is 0 Å². The Labute approximate surface area is 182 Å². The summed E-state index contributed by atoms with van der Waals surface area (Å²) in [5.41, 5.74) is 0. The van der Waals surface area contributed by atoms with E-state index in [9.17, 15) is 22.7 Å². The van der Waals surface area contributed by atoms with Gasteiger partial charge in [-0.05, 0) is 50.2 Å². The second-order valence-electron chi connectivity index (χ2n) is 7.84. The van der Waals surface area contributed by atoms with E-state index in [0.717, 1.165) is 43.9 Å². The number of hydrogen-bond donors (Lipinski definition) is 3. The highest BCUT2D eigenvalue weighted by Gasteiger charge is 2.31. The molecule has 31 heavy (non-hydrogen) atoms. The molecule has 0 aliphatic carbocycles. The Morgan fingerprint density at radius 3 is 2.55 bits per heavy atom. The molecule has 1 amide bonds. The fourth-order valence-corrected chi connectivity index (χ4v) is 4.98. The SMILES string of the molecule is O=C(C[C@@H]1C=C[C@@H](NS(=O)(=O)c2ccc(F)cc2)[C@@H](CO)O1)NCCN1CCCCC1. The molecule has 1 saturated heterocycles. The van der Waals surface area contributed by atoms with Gasteiger partial charge < -0.3 is 20.1 Å². The molecule has 0 aromatic heterocycles. The van der Waals surface area contributed by atoms with E-state index in [-0.39, 0.29) is 17.2 Å². The maximum atomic E-state index is 13.1. The number of aliphatic hydroxyl groups is 1. The van der Waals surface area contributed by atoms with E-state index in [2.05, 4.69) is 14.9 Å². The van der Waals surface area contributed by atoms with Crippen molar-refractivity contribution < 1.29 is 27.4 Å². The zero-order valence-corrected chi connectivity index (χ0v) is 18.2. The molecule has 2 aliphatic rings. The fourth-order valence-electron chi connectivity index (χ4n) is 3.76. The second-order valence-corrected chi connectivity index (χ2v) is 9.55. The van der Waals surface area contributed by atoms with Crippen LogP contribution in [0.4, 0.5) is 4.39 Å². The van der Waals surface area contributed by atoms with Crippen molar-refractivity contribution in [3.63, 3.8) is 0 Å². The first-order valence-electron chi connectivity index (χ1n) is 10.6. The molecule has 3 rings (SSSR count). The zero-order chi connectivity index (χ0) is 22.3. The number of halogens is 1. The summed E-state index contributed by atoms with van der Waals surface area (Å²) in [6, 6.07) is 3.64. The standard InChI is InChI=1S/C21H30FN3O5S/c22-16-4-7-18(8-5-16)31(28,29)24-19-9-6-17(30-20(19)15-26)14-21(27)23-10-13-25-11-2-1-3-12-25/h4-9,17,19-20,24,26H,1-3,10-15H2,(H,23,27)/t17-,19+,20+/m0/s1. The van der Waals surface area contributed by atoms with E-state index in [1.165, 1.54) is 19.3 Å². The quantitative estimate of drug-likeness (QED) is 0.475. The highest BCUT2D eigenvalue weighted by molar-refractivity contribution is 7.89. The van der Waals surface area contributed by atoms with Gasteiger partial charge in [0.15, 0.2) is 0 Å². The molecule has 2 heterocycles. The maximum absolute atomic E-state index is 13.1. The Bertz CT molecular complexity index is 856. The van der Waals surface area contributed by atoms with Crippen molar-refractivity contribution in [2.24, 2.45) is 0 Å². The minimum atomic E-state index is -3.93. The van der Waals surface area contributed by atoms with Gasteiger partial charge in [-0.15, -0.1) is 0 Å². The van der Waals surface area contributed by atoms with Gasteiger partial charge in [0.25, 0.3) is 0 Å². The van der Waals surface area contributed by atoms with Crippen molar-refractivity contribution in [2.45, 2.75) is 48.8 Å². The number of likely N-dealkylation sites (tertiary alicyclic amines) is 1. The van der Waals surface area contributed by atoms with Crippen LogP contribution >= 0.6 is 0 Å². The van der Waals surface area contributed by atoms with E-state index in [1.807, 2.05) is 0 Å². The number of nitrogens with zero attached hydrogens (tertiary/aromatic N) is 1. The zero-order valence-electron chi connectivity index (χ0n) is 17.4. The summed E-state index contributed by atoms with van der Waals surface area (Å²) in [6.45, 7) is 3.10. The molecule has 3 atom stereocenters. The third-order valence-corrected chi connectivity index (χ3v) is 6.94. The molecule has 1 aromatic carbocycles. The predicted molar refractivity (Wildman–Crippen MR) is 113 cm³/mol. The summed E-state index contributed by atoms with van der Waals surface area (Å²) in [7, 11) is -3.93. The van der Waals surface area contributed by atoms with Crippen LogP contribution in [0.3, 0.4) is 0 Å². The summed E-state index contributed by atoms with van der Waals surface area (Å²) in [5.74, 6) is -0.696. The second kappa shape index (κ2) is 11.1. The normalized spacial score (nSPS) is 24.8. The summed E-state index contributed by atoms with van der Waals surface area (Å²) in [4.78, 5) is 14.5. The first kappa shape index (κ1) is 23.8. The molecule has 0 saturated carbocycles. The number of sulfonamides is 1. The first-order valence-corrected chi connectivity index (χ1v) is 12.1. The maximum Gasteiger partial charge on any atom is 0.241 e. The van der Waals surface area contributed by atoms with Gasteiger partial charge in [-0.25, -0.2) is 17.5 Å². The number of nitrogens with one attached hydrogen (secondary N) is 2. The van der Waals surface area contributed by atoms with Gasteiger partial charge in [-0.2, -0.15) is 0 Å². The molecule has 1 aromatic rings. The Morgan fingerprint density at radius 2 is 1.87 bits per heavy atom. The van der Waals surface area contributed by atoms with Crippen LogP contribution in [-0.2, 0) is 19.6 Å². The third-order valence-electron chi connectivity index (χ3n) is 5.46. The van der Waals surface area contributed by atoms with Crippen LogP contribution in [0.15, 0.2) is 41.3 Å². The molecule has 10 heteroatoms. The summed E-state index contributed by atoms with van der Waals surface area (Å²) >= 11 is 0. The number of aliphatic hydroxyl groups excluding tert-OH is 1. The summed E-state index contributed by atoms with van der Waals surface area (Å²) < 4.78 is 46.2. The Hall–Kier alpha value is -1.85. The first-order chi connectivity index (χ1) is 14.9. The number of amides is 1. The van der Waals surface area contributed by atoms with Crippen molar-refractivity contribution in [3.8, 4) is 0 Å². The van der Waals surface area contributed by atoms with Gasteiger partial charge in [0.1, 0.15) is 11.9 Å². The lowest BCUT2D eigenvalue weighted by Crippen LogP contribution is -2.49. The number of carbonyl (C=O) groups excluding carboxylic acids is 1. The molecule has 0 spiro atoms. The average Bonchev–Trinajstić information content (AvgIpc) is 2.75. The van der Waals surface area contributed by atoms with Gasteiger partial charge in [-0.3, -0.25) is 4.79 Å². The van der Waals surface area contributed by atoms with Crippen molar-refractivity contribution in [3.05, 3.63) is 42.2 Å². The minimum absolute atomic E-state index is 0.0877. The van der Waals surface area contributed by atoms with Crippen LogP contribution in [0.2, 0.25) is 0 Å². The Kier molecular flexibility index (Phi) is 8.56. The average molecular weight is 456 g/mol. The van der Waals surface area contributed by atoms with Gasteiger partial charge in [0.05, 0.1) is 30.1 Å². The molecule has 2 aliphatic heterocycles. The Balaban J connectivity index is 1.50. The molecule has 8 nitrogen and oxygen atoms in total. The molecule has 3 N–H and O–H groups in total. The van der Waals surface area contributed by atoms with Crippen molar-refractivity contribution in [1.82, 2.24) is 14.9 Å². The Morgan fingerprint density at radius 1 is 1.16 bits per heavy atom. The molecule has 172 valence electrons. The van der Waals surface area contributed by atoms with E-state index in [1.54, 1.807) is 12.2 Å². The lowest BCUT2D eigenvalue weighted by molar-refractivity contribution is -0.125. The molecule has 1 fully saturated rings. The van der Waals surface area contributed by atoms with Crippen LogP contribution in [0.1, 0.15) is 25.7 Å². The molecule has 0 unspecified atom stereocenters. The van der Waals surface area contributed by atoms with Crippen molar-refractivity contribution >= 4 is 15.9 Å². The molecule has 0 bridgehead atoms. The van der Waals surface area contributed by atoms with E-state index >= 15 is 0 Å². The largest absolute Gasteiger partial charge is 0.394 e. The van der Waals surface area contributed by atoms with Gasteiger partial charge in [0.2, 0.25) is 15.9 Å². The van der Waals surface area contributed by atoms with Crippen LogP contribution in [0.25, 0.3) is 0 Å². The number of benzene rings is 1. The van der Waals surface area contributed by atoms with E-state index in [0.29, 0.717) is 6.54 Å². The van der Waals surface area contributed by atoms with E-state index in [4.69, 9.17) is 4.74 Å². The molecular formula is C21H30FN3O5S. The van der Waals surface area contributed by atoms with Gasteiger partial charge >= 0.3 is 0 Å². The van der Waals surface area contributed by atoms with Crippen molar-refractivity contribution in [2.75, 3.05) is 32.8 Å². The lowest BCUT2D eigenvalue weighted by Gasteiger charge is -2.31. The molecular weight excluding hydrogens is 425 g/mol. The van der Waals surface area contributed by atoms with Gasteiger partial charge in [0, 0.05) is 13.1 Å². The number of piperidine rings is 1. The summed E-state index contributed by atoms with van der Waals surface area (Å²) in [6.07, 6.45) is 5.55. The smallest absolute Gasteiger partial charge is 0.241 e. The number of carbonyl (C=O) groups is 1.